The van der Waals surface area contributed by atoms with Crippen molar-refractivity contribution in [1.82, 2.24) is 4.57 Å². The molecule has 0 radical (unpaired) electrons. The Hall–Kier alpha value is -2.29. The van der Waals surface area contributed by atoms with Crippen molar-refractivity contribution in [2.24, 2.45) is 5.92 Å². The van der Waals surface area contributed by atoms with Gasteiger partial charge in [0.1, 0.15) is 6.61 Å². The second kappa shape index (κ2) is 6.22. The van der Waals surface area contributed by atoms with Gasteiger partial charge >= 0.3 is 5.97 Å². The van der Waals surface area contributed by atoms with Gasteiger partial charge in [0.05, 0.1) is 12.0 Å². The smallest absolute Gasteiger partial charge is 0.313 e. The number of hydrogen-bond acceptors (Lipinski definition) is 2. The first-order chi connectivity index (χ1) is 10.6. The molecule has 1 unspecified atom stereocenters. The third-order valence-electron chi connectivity index (χ3n) is 4.25. The van der Waals surface area contributed by atoms with Gasteiger partial charge in [-0.15, -0.1) is 0 Å². The second-order valence-corrected chi connectivity index (χ2v) is 5.87. The highest BCUT2D eigenvalue weighted by molar-refractivity contribution is 5.75. The molecule has 3 rings (SSSR count). The largest absolute Gasteiger partial charge is 0.460 e. The highest BCUT2D eigenvalue weighted by Gasteiger charge is 2.28. The van der Waals surface area contributed by atoms with Crippen LogP contribution in [-0.2, 0) is 16.1 Å². The Labute approximate surface area is 131 Å². The van der Waals surface area contributed by atoms with Crippen LogP contribution in [0, 0.1) is 19.8 Å². The van der Waals surface area contributed by atoms with Gasteiger partial charge in [0, 0.05) is 11.4 Å². The maximum atomic E-state index is 12.2. The van der Waals surface area contributed by atoms with E-state index in [2.05, 4.69) is 36.6 Å². The maximum absolute atomic E-state index is 12.2. The lowest BCUT2D eigenvalue weighted by Gasteiger charge is -2.17. The Morgan fingerprint density at radius 1 is 1.09 bits per heavy atom. The predicted octanol–water partition coefficient (Wildman–Crippen LogP) is 3.97. The Bertz CT molecular complexity index is 665. The zero-order chi connectivity index (χ0) is 15.5. The van der Waals surface area contributed by atoms with Gasteiger partial charge in [0.2, 0.25) is 0 Å². The molecule has 3 nitrogen and oxygen atoms in total. The number of esters is 1. The van der Waals surface area contributed by atoms with E-state index in [0.717, 1.165) is 12.0 Å². The average molecular weight is 295 g/mol. The molecule has 1 aromatic carbocycles. The number of rotatable bonds is 4. The number of ether oxygens (including phenoxy) is 1. The predicted molar refractivity (Wildman–Crippen MR) is 86.4 cm³/mol. The number of allylic oxidation sites excluding steroid dienone is 1. The number of nitrogens with zero attached hydrogens (tertiary/aromatic N) is 1. The number of carbonyl (C=O) groups is 1. The quantitative estimate of drug-likeness (QED) is 0.631. The van der Waals surface area contributed by atoms with E-state index in [0.29, 0.717) is 6.61 Å². The SMILES string of the molecule is Cc1ccc(C)n1[C@@H]1C=CC(C(=O)OCc2ccccc2)C1. The molecule has 0 saturated carbocycles. The van der Waals surface area contributed by atoms with Crippen LogP contribution in [0.3, 0.4) is 0 Å². The summed E-state index contributed by atoms with van der Waals surface area (Å²) in [6, 6.07) is 14.3. The molecule has 0 N–H and O–H groups in total. The zero-order valence-electron chi connectivity index (χ0n) is 13.0. The van der Waals surface area contributed by atoms with E-state index in [1.54, 1.807) is 0 Å². The van der Waals surface area contributed by atoms with E-state index in [-0.39, 0.29) is 17.9 Å². The zero-order valence-corrected chi connectivity index (χ0v) is 13.0. The van der Waals surface area contributed by atoms with Crippen LogP contribution in [0.1, 0.15) is 29.4 Å². The van der Waals surface area contributed by atoms with E-state index in [9.17, 15) is 4.79 Å². The Morgan fingerprint density at radius 2 is 1.77 bits per heavy atom. The van der Waals surface area contributed by atoms with Crippen molar-refractivity contribution >= 4 is 5.97 Å². The molecule has 2 aromatic rings. The van der Waals surface area contributed by atoms with Gasteiger partial charge in [0.15, 0.2) is 0 Å². The molecule has 1 heterocycles. The molecule has 0 aliphatic heterocycles. The van der Waals surface area contributed by atoms with Gasteiger partial charge in [-0.25, -0.2) is 0 Å². The second-order valence-electron chi connectivity index (χ2n) is 5.87. The molecule has 3 heteroatoms. The minimum Gasteiger partial charge on any atom is -0.460 e. The monoisotopic (exact) mass is 295 g/mol. The van der Waals surface area contributed by atoms with Gasteiger partial charge in [-0.1, -0.05) is 42.5 Å². The van der Waals surface area contributed by atoms with Crippen molar-refractivity contribution in [2.45, 2.75) is 32.9 Å². The third-order valence-corrected chi connectivity index (χ3v) is 4.25. The van der Waals surface area contributed by atoms with Crippen LogP contribution in [0.4, 0.5) is 0 Å². The molecule has 0 saturated heterocycles. The number of hydrogen-bond donors (Lipinski definition) is 0. The molecular weight excluding hydrogens is 274 g/mol. The molecule has 1 aliphatic rings. The normalized spacial score (nSPS) is 20.3. The van der Waals surface area contributed by atoms with Gasteiger partial charge in [0.25, 0.3) is 0 Å². The van der Waals surface area contributed by atoms with Crippen molar-refractivity contribution in [3.63, 3.8) is 0 Å². The molecule has 0 bridgehead atoms. The molecule has 22 heavy (non-hydrogen) atoms. The summed E-state index contributed by atoms with van der Waals surface area (Å²) in [6.07, 6.45) is 4.88. The average Bonchev–Trinajstić information content (AvgIpc) is 3.13. The van der Waals surface area contributed by atoms with Crippen LogP contribution in [0.5, 0.6) is 0 Å². The molecular formula is C19H21NO2. The van der Waals surface area contributed by atoms with Crippen LogP contribution >= 0.6 is 0 Å². The van der Waals surface area contributed by atoms with Crippen LogP contribution < -0.4 is 0 Å². The lowest BCUT2D eigenvalue weighted by molar-refractivity contribution is -0.148. The lowest BCUT2D eigenvalue weighted by Crippen LogP contribution is -2.17. The van der Waals surface area contributed by atoms with Gasteiger partial charge in [-0.2, -0.15) is 0 Å². The number of carbonyl (C=O) groups excluding carboxylic acids is 1. The van der Waals surface area contributed by atoms with Crippen molar-refractivity contribution in [1.29, 1.82) is 0 Å². The maximum Gasteiger partial charge on any atom is 0.313 e. The summed E-state index contributed by atoms with van der Waals surface area (Å²) in [5.74, 6) is -0.278. The van der Waals surface area contributed by atoms with Crippen molar-refractivity contribution in [2.75, 3.05) is 0 Å². The molecule has 0 amide bonds. The summed E-state index contributed by atoms with van der Waals surface area (Å²) in [5.41, 5.74) is 3.47. The fraction of sp³-hybridized carbons (Fsp3) is 0.316. The molecule has 1 aliphatic carbocycles. The number of aryl methyl sites for hydroxylation is 2. The van der Waals surface area contributed by atoms with Gasteiger partial charge in [-0.3, -0.25) is 4.79 Å². The van der Waals surface area contributed by atoms with Crippen LogP contribution in [0.15, 0.2) is 54.6 Å². The van der Waals surface area contributed by atoms with E-state index in [1.807, 2.05) is 36.4 Å². The molecule has 0 spiro atoms. The van der Waals surface area contributed by atoms with E-state index in [1.165, 1.54) is 11.4 Å². The van der Waals surface area contributed by atoms with Gasteiger partial charge < -0.3 is 9.30 Å². The highest BCUT2D eigenvalue weighted by atomic mass is 16.5. The Kier molecular flexibility index (Phi) is 4.14. The highest BCUT2D eigenvalue weighted by Crippen LogP contribution is 2.31. The van der Waals surface area contributed by atoms with E-state index in [4.69, 9.17) is 4.74 Å². The van der Waals surface area contributed by atoms with Crippen LogP contribution in [0.25, 0.3) is 0 Å². The summed E-state index contributed by atoms with van der Waals surface area (Å²) in [6.45, 7) is 4.54. The fourth-order valence-electron chi connectivity index (χ4n) is 3.08. The van der Waals surface area contributed by atoms with Crippen molar-refractivity contribution in [3.8, 4) is 0 Å². The minimum absolute atomic E-state index is 0.134. The van der Waals surface area contributed by atoms with E-state index >= 15 is 0 Å². The first-order valence-electron chi connectivity index (χ1n) is 7.68. The van der Waals surface area contributed by atoms with Crippen LogP contribution in [0.2, 0.25) is 0 Å². The fourth-order valence-corrected chi connectivity index (χ4v) is 3.08. The summed E-state index contributed by atoms with van der Waals surface area (Å²) in [7, 11) is 0. The summed E-state index contributed by atoms with van der Waals surface area (Å²) >= 11 is 0. The molecule has 1 aromatic heterocycles. The molecule has 114 valence electrons. The van der Waals surface area contributed by atoms with Crippen LogP contribution in [-0.4, -0.2) is 10.5 Å². The Balaban J connectivity index is 1.59. The Morgan fingerprint density at radius 3 is 2.45 bits per heavy atom. The van der Waals surface area contributed by atoms with Crippen molar-refractivity contribution < 1.29 is 9.53 Å². The van der Waals surface area contributed by atoms with E-state index < -0.39 is 0 Å². The lowest BCUT2D eigenvalue weighted by atomic mass is 10.1. The number of benzene rings is 1. The minimum atomic E-state index is -0.144. The molecule has 2 atom stereocenters. The first-order valence-corrected chi connectivity index (χ1v) is 7.68. The summed E-state index contributed by atoms with van der Waals surface area (Å²) in [5, 5.41) is 0. The topological polar surface area (TPSA) is 31.2 Å². The van der Waals surface area contributed by atoms with Crippen molar-refractivity contribution in [3.05, 3.63) is 71.6 Å². The van der Waals surface area contributed by atoms with Gasteiger partial charge in [-0.05, 0) is 38.0 Å². The standard InChI is InChI=1S/C19H21NO2/c1-14-8-9-15(2)20(14)18-11-10-17(12-18)19(21)22-13-16-6-4-3-5-7-16/h3-11,17-18H,12-13H2,1-2H3/t17?,18-/m1/s1. The number of aromatic nitrogens is 1. The molecule has 0 fully saturated rings. The summed E-state index contributed by atoms with van der Waals surface area (Å²) < 4.78 is 7.72. The summed E-state index contributed by atoms with van der Waals surface area (Å²) in [4.78, 5) is 12.2. The first kappa shape index (κ1) is 14.6. The third kappa shape index (κ3) is 2.98.